The van der Waals surface area contributed by atoms with Gasteiger partial charge in [-0.1, -0.05) is 0 Å². The molecule has 0 saturated carbocycles. The van der Waals surface area contributed by atoms with Crippen LogP contribution >= 0.6 is 0 Å². The summed E-state index contributed by atoms with van der Waals surface area (Å²) in [6.07, 6.45) is 0. The Morgan fingerprint density at radius 3 is 0.840 bits per heavy atom. The molecule has 0 aromatic carbocycles. The van der Waals surface area contributed by atoms with Crippen molar-refractivity contribution in [1.29, 1.82) is 0 Å². The number of carbonyl (C=O) groups excluding carboxylic acids is 6. The van der Waals surface area contributed by atoms with E-state index in [2.05, 4.69) is 0 Å². The smallest absolute Gasteiger partial charge is 0.273 e. The van der Waals surface area contributed by atoms with Crippen molar-refractivity contribution in [3.63, 3.8) is 0 Å². The average Bonchev–Trinajstić information content (AvgIpc) is 2.58. The Hall–Kier alpha value is -1.78. The van der Waals surface area contributed by atoms with Gasteiger partial charge in [0.2, 0.25) is 23.6 Å². The van der Waals surface area contributed by atoms with Gasteiger partial charge in [0.15, 0.2) is 0 Å². The number of nitrogens with zero attached hydrogens (tertiary/aromatic N) is 4. The first-order valence-electron chi connectivity index (χ1n) is 7.11. The van der Waals surface area contributed by atoms with Gasteiger partial charge >= 0.3 is 12.1 Å². The summed E-state index contributed by atoms with van der Waals surface area (Å²) in [7, 11) is 5.46. The van der Waals surface area contributed by atoms with E-state index in [1.54, 1.807) is 0 Å². The molecule has 0 atom stereocenters. The minimum atomic E-state index is -0.738. The molecule has 25 heavy (non-hydrogen) atoms. The first-order valence-corrected chi connectivity index (χ1v) is 7.11. The third-order valence-corrected chi connectivity index (χ3v) is 3.95. The van der Waals surface area contributed by atoms with Gasteiger partial charge in [-0.25, -0.2) is 9.59 Å². The van der Waals surface area contributed by atoms with Crippen LogP contribution in [0.3, 0.4) is 0 Å². The first-order chi connectivity index (χ1) is 10.9. The molecule has 0 aromatic rings. The minimum absolute atomic E-state index is 0. The van der Waals surface area contributed by atoms with Crippen LogP contribution in [0.25, 0.3) is 0 Å². The molecule has 8 amide bonds. The number of carbonyl (C=O) groups is 6. The Kier molecular flexibility index (Phi) is 7.94. The Balaban J connectivity index is 0.000000443. The molecule has 2 aliphatic rings. The second-order valence-electron chi connectivity index (χ2n) is 5.60. The number of hydrogen-bond acceptors (Lipinski definition) is 6. The normalized spacial score (nSPS) is 19.9. The van der Waals surface area contributed by atoms with Crippen molar-refractivity contribution in [2.24, 2.45) is 11.8 Å². The van der Waals surface area contributed by atoms with Gasteiger partial charge in [0.25, 0.3) is 0 Å². The molecule has 0 unspecified atom stereocenters. The van der Waals surface area contributed by atoms with Gasteiger partial charge in [-0.05, 0) is 13.8 Å². The molecule has 2 aliphatic heterocycles. The van der Waals surface area contributed by atoms with Crippen molar-refractivity contribution in [1.82, 2.24) is 19.6 Å². The predicted molar refractivity (Wildman–Crippen MR) is 86.0 cm³/mol. The number of barbiturate groups is 2. The van der Waals surface area contributed by atoms with Gasteiger partial charge in [-0.15, -0.1) is 0 Å². The maximum atomic E-state index is 11.1. The summed E-state index contributed by atoms with van der Waals surface area (Å²) in [6, 6.07) is -1.13. The molecule has 0 N–H and O–H groups in total. The SMILES string of the molecule is CC1C(=O)N(C)C(=O)N(C)C1=O.CC1C(=O)N(C)C(=O)N(C)C1=O.[Na]. The van der Waals surface area contributed by atoms with Crippen molar-refractivity contribution >= 4 is 65.2 Å². The quantitative estimate of drug-likeness (QED) is 0.401. The molecule has 2 fully saturated rings. The average molecular weight is 363 g/mol. The number of hydrogen-bond donors (Lipinski definition) is 0. The molecule has 2 heterocycles. The summed E-state index contributed by atoms with van der Waals surface area (Å²) in [4.78, 5) is 70.6. The second-order valence-corrected chi connectivity index (χ2v) is 5.60. The molecule has 10 nitrogen and oxygen atoms in total. The number of urea groups is 2. The molecule has 0 aromatic heterocycles. The standard InChI is InChI=1S/2C7H10N2O3.Na/c2*1-4-5(10)8(2)7(12)9(3)6(4)11;/h2*4H,1-3H3;. The van der Waals surface area contributed by atoms with Crippen LogP contribution in [0, 0.1) is 11.8 Å². The third kappa shape index (κ3) is 4.25. The zero-order valence-electron chi connectivity index (χ0n) is 15.4. The van der Waals surface area contributed by atoms with Crippen LogP contribution in [-0.4, -0.2) is 113 Å². The topological polar surface area (TPSA) is 115 Å². The van der Waals surface area contributed by atoms with Crippen LogP contribution in [0.5, 0.6) is 0 Å². The van der Waals surface area contributed by atoms with Crippen LogP contribution in [-0.2, 0) is 19.2 Å². The van der Waals surface area contributed by atoms with E-state index >= 15 is 0 Å². The number of imide groups is 4. The molecule has 0 bridgehead atoms. The zero-order chi connectivity index (χ0) is 18.9. The van der Waals surface area contributed by atoms with Gasteiger partial charge in [-0.2, -0.15) is 0 Å². The fourth-order valence-electron chi connectivity index (χ4n) is 2.20. The number of rotatable bonds is 0. The molecule has 133 valence electrons. The zero-order valence-corrected chi connectivity index (χ0v) is 17.4. The largest absolute Gasteiger partial charge is 0.332 e. The molecular weight excluding hydrogens is 343 g/mol. The van der Waals surface area contributed by atoms with Crippen LogP contribution in [0.15, 0.2) is 0 Å². The van der Waals surface area contributed by atoms with E-state index in [9.17, 15) is 28.8 Å². The van der Waals surface area contributed by atoms with Gasteiger partial charge in [-0.3, -0.25) is 38.8 Å². The van der Waals surface area contributed by atoms with Crippen molar-refractivity contribution < 1.29 is 28.8 Å². The fourth-order valence-corrected chi connectivity index (χ4v) is 2.20. The maximum absolute atomic E-state index is 11.1. The summed E-state index contributed by atoms with van der Waals surface area (Å²) in [5.74, 6) is -3.24. The Morgan fingerprint density at radius 1 is 0.520 bits per heavy atom. The molecule has 0 aliphatic carbocycles. The molecule has 2 saturated heterocycles. The maximum Gasteiger partial charge on any atom is 0.332 e. The van der Waals surface area contributed by atoms with Gasteiger partial charge in [0, 0.05) is 57.7 Å². The summed E-state index contributed by atoms with van der Waals surface area (Å²) >= 11 is 0. The van der Waals surface area contributed by atoms with E-state index in [-0.39, 0.29) is 29.6 Å². The van der Waals surface area contributed by atoms with Crippen molar-refractivity contribution in [2.45, 2.75) is 13.8 Å². The van der Waals surface area contributed by atoms with E-state index in [0.717, 1.165) is 19.6 Å². The van der Waals surface area contributed by atoms with Gasteiger partial charge < -0.3 is 0 Å². The van der Waals surface area contributed by atoms with E-state index in [1.807, 2.05) is 0 Å². The second kappa shape index (κ2) is 8.54. The molecule has 0 spiro atoms. The summed E-state index contributed by atoms with van der Waals surface area (Å²) in [5.41, 5.74) is 0. The van der Waals surface area contributed by atoms with Crippen molar-refractivity contribution in [3.05, 3.63) is 0 Å². The first kappa shape index (κ1) is 23.2. The molecule has 11 heteroatoms. The van der Waals surface area contributed by atoms with Crippen LogP contribution in [0.2, 0.25) is 0 Å². The van der Waals surface area contributed by atoms with E-state index in [0.29, 0.717) is 0 Å². The predicted octanol–water partition coefficient (Wildman–Crippen LogP) is -1.03. The van der Waals surface area contributed by atoms with Gasteiger partial charge in [0.1, 0.15) is 11.8 Å². The van der Waals surface area contributed by atoms with E-state index in [4.69, 9.17) is 0 Å². The summed E-state index contributed by atoms with van der Waals surface area (Å²) in [5, 5.41) is 0. The summed E-state index contributed by atoms with van der Waals surface area (Å²) < 4.78 is 0. The minimum Gasteiger partial charge on any atom is -0.273 e. The Labute approximate surface area is 167 Å². The molecule has 2 rings (SSSR count). The van der Waals surface area contributed by atoms with Gasteiger partial charge in [0.05, 0.1) is 0 Å². The van der Waals surface area contributed by atoms with Crippen molar-refractivity contribution in [2.75, 3.05) is 28.2 Å². The summed E-state index contributed by atoms with van der Waals surface area (Å²) in [6.45, 7) is 2.98. The Bertz CT molecular complexity index is 461. The van der Waals surface area contributed by atoms with Crippen LogP contribution in [0.1, 0.15) is 13.8 Å². The fraction of sp³-hybridized carbons (Fsp3) is 0.571. The molecular formula is C14H20N4NaO6. The molecule has 1 radical (unpaired) electrons. The monoisotopic (exact) mass is 363 g/mol. The number of amides is 8. The van der Waals surface area contributed by atoms with Crippen LogP contribution in [0.4, 0.5) is 9.59 Å². The van der Waals surface area contributed by atoms with Crippen LogP contribution < -0.4 is 0 Å². The third-order valence-electron chi connectivity index (χ3n) is 3.95. The van der Waals surface area contributed by atoms with E-state index < -0.39 is 47.5 Å². The van der Waals surface area contributed by atoms with Crippen molar-refractivity contribution in [3.8, 4) is 0 Å². The Morgan fingerprint density at radius 2 is 0.680 bits per heavy atom. The van der Waals surface area contributed by atoms with E-state index in [1.165, 1.54) is 42.0 Å².